The van der Waals surface area contributed by atoms with E-state index in [9.17, 15) is 18.4 Å². The Hall–Kier alpha value is -1.74. The number of halogens is 2. The molecule has 2 fully saturated rings. The first-order valence-corrected chi connectivity index (χ1v) is 10.6. The van der Waals surface area contributed by atoms with Gasteiger partial charge in [0.1, 0.15) is 10.6 Å². The van der Waals surface area contributed by atoms with E-state index in [1.165, 1.54) is 6.07 Å². The average molecular weight is 416 g/mol. The number of carbonyl (C=O) groups excluding carboxylic acids is 2. The summed E-state index contributed by atoms with van der Waals surface area (Å²) in [6.07, 6.45) is 4.35. The summed E-state index contributed by atoms with van der Waals surface area (Å²) in [5.41, 5.74) is 0. The fourth-order valence-electron chi connectivity index (χ4n) is 3.86. The number of hydrogen-bond donors (Lipinski definition) is 1. The molecule has 3 rings (SSSR count). The summed E-state index contributed by atoms with van der Waals surface area (Å²) in [5.74, 6) is 0.0349. The molecule has 0 aromatic carbocycles. The molecule has 0 bridgehead atoms. The molecule has 28 heavy (non-hydrogen) atoms. The van der Waals surface area contributed by atoms with Gasteiger partial charge >= 0.3 is 6.61 Å². The molecule has 1 saturated heterocycles. The fourth-order valence-corrected chi connectivity index (χ4v) is 4.72. The molecule has 0 unspecified atom stereocenters. The number of piperazine rings is 1. The molecule has 1 aromatic heterocycles. The number of ether oxygens (including phenoxy) is 1. The second-order valence-electron chi connectivity index (χ2n) is 7.33. The van der Waals surface area contributed by atoms with Crippen molar-refractivity contribution in [3.8, 4) is 5.75 Å². The Morgan fingerprint density at radius 3 is 2.57 bits per heavy atom. The van der Waals surface area contributed by atoms with Crippen molar-refractivity contribution in [2.45, 2.75) is 39.2 Å². The molecule has 1 aliphatic carbocycles. The van der Waals surface area contributed by atoms with E-state index in [-0.39, 0.29) is 16.5 Å². The van der Waals surface area contributed by atoms with E-state index in [2.05, 4.69) is 15.0 Å². The Balaban J connectivity index is 1.40. The number of rotatable bonds is 7. The van der Waals surface area contributed by atoms with Crippen LogP contribution in [0.3, 0.4) is 0 Å². The molecule has 2 aliphatic rings. The Kier molecular flexibility index (Phi) is 7.23. The molecule has 1 N–H and O–H groups in total. The van der Waals surface area contributed by atoms with Gasteiger partial charge in [0.15, 0.2) is 0 Å². The number of alkyl halides is 2. The van der Waals surface area contributed by atoms with Crippen LogP contribution >= 0.6 is 11.3 Å². The smallest absolute Gasteiger partial charge is 0.387 e. The maximum Gasteiger partial charge on any atom is 0.387 e. The van der Waals surface area contributed by atoms with Crippen LogP contribution in [0, 0.1) is 12.8 Å². The average Bonchev–Trinajstić information content (AvgIpc) is 3.31. The first-order valence-electron chi connectivity index (χ1n) is 9.78. The highest BCUT2D eigenvalue weighted by Crippen LogP contribution is 2.30. The second-order valence-corrected chi connectivity index (χ2v) is 8.59. The van der Waals surface area contributed by atoms with Gasteiger partial charge in [0.2, 0.25) is 5.91 Å². The van der Waals surface area contributed by atoms with E-state index in [0.717, 1.165) is 68.1 Å². The van der Waals surface area contributed by atoms with Crippen molar-refractivity contribution in [2.24, 2.45) is 5.92 Å². The highest BCUT2D eigenvalue weighted by atomic mass is 32.1. The lowest BCUT2D eigenvalue weighted by molar-refractivity contribution is -0.137. The lowest BCUT2D eigenvalue weighted by Gasteiger charge is -2.36. The van der Waals surface area contributed by atoms with Gasteiger partial charge in [-0.25, -0.2) is 0 Å². The SMILES string of the molecule is Cc1cc(OC(F)F)c(C(=O)NCCN2CCN(C(=O)C3CCCC3)CC2)s1. The van der Waals surface area contributed by atoms with Crippen molar-refractivity contribution >= 4 is 23.2 Å². The van der Waals surface area contributed by atoms with Gasteiger partial charge in [-0.1, -0.05) is 12.8 Å². The fraction of sp³-hybridized carbons (Fsp3) is 0.684. The molecule has 1 aliphatic heterocycles. The van der Waals surface area contributed by atoms with Gasteiger partial charge in [-0.2, -0.15) is 8.78 Å². The molecule has 6 nitrogen and oxygen atoms in total. The third kappa shape index (κ3) is 5.41. The van der Waals surface area contributed by atoms with Crippen molar-refractivity contribution in [1.82, 2.24) is 15.1 Å². The third-order valence-corrected chi connectivity index (χ3v) is 6.38. The number of carbonyl (C=O) groups is 2. The first kappa shape index (κ1) is 21.0. The molecule has 0 radical (unpaired) electrons. The van der Waals surface area contributed by atoms with E-state index < -0.39 is 12.5 Å². The van der Waals surface area contributed by atoms with Crippen molar-refractivity contribution < 1.29 is 23.1 Å². The third-order valence-electron chi connectivity index (χ3n) is 5.35. The largest absolute Gasteiger partial charge is 0.433 e. The number of thiophene rings is 1. The van der Waals surface area contributed by atoms with Crippen LogP contribution in [0.5, 0.6) is 5.75 Å². The lowest BCUT2D eigenvalue weighted by atomic mass is 10.1. The summed E-state index contributed by atoms with van der Waals surface area (Å²) in [4.78, 5) is 29.8. The number of aryl methyl sites for hydroxylation is 1. The van der Waals surface area contributed by atoms with Gasteiger partial charge in [0.25, 0.3) is 5.91 Å². The number of amides is 2. The van der Waals surface area contributed by atoms with Crippen molar-refractivity contribution in [1.29, 1.82) is 0 Å². The lowest BCUT2D eigenvalue weighted by Crippen LogP contribution is -2.51. The molecule has 2 amide bonds. The molecule has 1 saturated carbocycles. The molecule has 0 atom stereocenters. The van der Waals surface area contributed by atoms with Crippen LogP contribution < -0.4 is 10.1 Å². The summed E-state index contributed by atoms with van der Waals surface area (Å²) < 4.78 is 29.4. The number of nitrogens with zero attached hydrogens (tertiary/aromatic N) is 2. The predicted octanol–water partition coefficient (Wildman–Crippen LogP) is 2.72. The maximum atomic E-state index is 12.5. The predicted molar refractivity (Wildman–Crippen MR) is 103 cm³/mol. The number of hydrogen-bond acceptors (Lipinski definition) is 5. The van der Waals surface area contributed by atoms with Crippen LogP contribution in [0.25, 0.3) is 0 Å². The molecular formula is C19H27F2N3O3S. The van der Waals surface area contributed by atoms with E-state index >= 15 is 0 Å². The summed E-state index contributed by atoms with van der Waals surface area (Å²) in [6, 6.07) is 1.45. The second kappa shape index (κ2) is 9.65. The van der Waals surface area contributed by atoms with Gasteiger partial charge in [-0.3, -0.25) is 14.5 Å². The number of nitrogens with one attached hydrogen (secondary N) is 1. The van der Waals surface area contributed by atoms with E-state index in [1.807, 2.05) is 4.90 Å². The van der Waals surface area contributed by atoms with Crippen LogP contribution in [0.1, 0.15) is 40.2 Å². The monoisotopic (exact) mass is 415 g/mol. The Morgan fingerprint density at radius 2 is 1.93 bits per heavy atom. The molecule has 1 aromatic rings. The normalized spacial score (nSPS) is 18.6. The van der Waals surface area contributed by atoms with Crippen molar-refractivity contribution in [2.75, 3.05) is 39.3 Å². The van der Waals surface area contributed by atoms with E-state index in [1.54, 1.807) is 6.92 Å². The molecule has 2 heterocycles. The topological polar surface area (TPSA) is 61.9 Å². The van der Waals surface area contributed by atoms with Gasteiger partial charge in [-0.15, -0.1) is 11.3 Å². The minimum absolute atomic E-state index is 0.0750. The highest BCUT2D eigenvalue weighted by Gasteiger charge is 2.29. The van der Waals surface area contributed by atoms with Gasteiger partial charge < -0.3 is 15.0 Å². The van der Waals surface area contributed by atoms with Crippen LogP contribution in [-0.2, 0) is 4.79 Å². The van der Waals surface area contributed by atoms with E-state index in [0.29, 0.717) is 19.0 Å². The van der Waals surface area contributed by atoms with Gasteiger partial charge in [0, 0.05) is 50.1 Å². The standard InChI is InChI=1S/C19H27F2N3O3S/c1-13-12-15(27-19(20)21)16(28-13)17(25)22-6-7-23-8-10-24(11-9-23)18(26)14-4-2-3-5-14/h12,14,19H,2-11H2,1H3,(H,22,25). The zero-order chi connectivity index (χ0) is 20.1. The van der Waals surface area contributed by atoms with Crippen molar-refractivity contribution in [3.05, 3.63) is 15.8 Å². The molecule has 0 spiro atoms. The summed E-state index contributed by atoms with van der Waals surface area (Å²) in [5, 5.41) is 2.78. The van der Waals surface area contributed by atoms with Crippen LogP contribution in [0.4, 0.5) is 8.78 Å². The van der Waals surface area contributed by atoms with Crippen LogP contribution in [-0.4, -0.2) is 67.5 Å². The summed E-state index contributed by atoms with van der Waals surface area (Å²) in [6.45, 7) is 2.88. The Morgan fingerprint density at radius 1 is 1.25 bits per heavy atom. The quantitative estimate of drug-likeness (QED) is 0.744. The molecule has 156 valence electrons. The highest BCUT2D eigenvalue weighted by molar-refractivity contribution is 7.14. The van der Waals surface area contributed by atoms with E-state index in [4.69, 9.17) is 0 Å². The summed E-state index contributed by atoms with van der Waals surface area (Å²) >= 11 is 1.14. The maximum absolute atomic E-state index is 12.5. The zero-order valence-electron chi connectivity index (χ0n) is 16.1. The minimum atomic E-state index is -2.95. The minimum Gasteiger partial charge on any atom is -0.433 e. The van der Waals surface area contributed by atoms with Crippen LogP contribution in [0.2, 0.25) is 0 Å². The first-order chi connectivity index (χ1) is 13.4. The van der Waals surface area contributed by atoms with Crippen molar-refractivity contribution in [3.63, 3.8) is 0 Å². The van der Waals surface area contributed by atoms with Crippen LogP contribution in [0.15, 0.2) is 6.07 Å². The molecular weight excluding hydrogens is 388 g/mol. The summed E-state index contributed by atoms with van der Waals surface area (Å²) in [7, 11) is 0. The van der Waals surface area contributed by atoms with Gasteiger partial charge in [-0.05, 0) is 25.8 Å². The Bertz CT molecular complexity index is 684. The van der Waals surface area contributed by atoms with Gasteiger partial charge in [0.05, 0.1) is 0 Å². The Labute approximate surface area is 167 Å². The zero-order valence-corrected chi connectivity index (χ0v) is 16.9. The molecule has 9 heteroatoms.